The number of rotatable bonds is 5. The van der Waals surface area contributed by atoms with Crippen molar-refractivity contribution in [1.82, 2.24) is 19.1 Å². The number of fused-ring (bicyclic) bond motifs is 1. The zero-order valence-corrected chi connectivity index (χ0v) is 15.8. The molecule has 3 aromatic rings. The van der Waals surface area contributed by atoms with Crippen molar-refractivity contribution in [1.29, 1.82) is 0 Å². The van der Waals surface area contributed by atoms with Gasteiger partial charge in [-0.3, -0.25) is 13.9 Å². The van der Waals surface area contributed by atoms with Gasteiger partial charge < -0.3 is 0 Å². The molecule has 2 heterocycles. The number of hydrogen-bond donors (Lipinski definition) is 0. The number of aryl methyl sites for hydroxylation is 2. The van der Waals surface area contributed by atoms with Crippen molar-refractivity contribution in [3.8, 4) is 0 Å². The Balaban J connectivity index is 2.00. The molecule has 0 bridgehead atoms. The van der Waals surface area contributed by atoms with E-state index in [-0.39, 0.29) is 11.2 Å². The zero-order chi connectivity index (χ0) is 18.7. The highest BCUT2D eigenvalue weighted by Crippen LogP contribution is 2.22. The van der Waals surface area contributed by atoms with Gasteiger partial charge in [-0.25, -0.2) is 14.8 Å². The third kappa shape index (κ3) is 3.48. The minimum absolute atomic E-state index is 0.361. The second-order valence-corrected chi connectivity index (χ2v) is 6.84. The van der Waals surface area contributed by atoms with Gasteiger partial charge in [-0.15, -0.1) is 11.8 Å². The lowest BCUT2D eigenvalue weighted by Crippen LogP contribution is -2.37. The molecule has 0 N–H and O–H groups in total. The summed E-state index contributed by atoms with van der Waals surface area (Å²) in [5.41, 5.74) is 0.760. The van der Waals surface area contributed by atoms with Crippen LogP contribution >= 0.6 is 11.8 Å². The standard InChI is InChI=1S/C19H20N4O2S/c1-4-14-20-16-15(18(24)23(3)19(25)22(16)2)17(21-14)26-12-8-11-13-9-6-5-7-10-13/h5-11H,4,12H2,1-3H3. The number of hydrogen-bond acceptors (Lipinski definition) is 5. The topological polar surface area (TPSA) is 69.8 Å². The second-order valence-electron chi connectivity index (χ2n) is 5.83. The second kappa shape index (κ2) is 7.70. The molecule has 1 aromatic carbocycles. The van der Waals surface area contributed by atoms with Crippen LogP contribution in [0.3, 0.4) is 0 Å². The smallest absolute Gasteiger partial charge is 0.280 e. The molecule has 26 heavy (non-hydrogen) atoms. The molecular weight excluding hydrogens is 348 g/mol. The van der Waals surface area contributed by atoms with Gasteiger partial charge >= 0.3 is 5.69 Å². The van der Waals surface area contributed by atoms with Crippen molar-refractivity contribution < 1.29 is 0 Å². The van der Waals surface area contributed by atoms with E-state index in [2.05, 4.69) is 9.97 Å². The third-order valence-corrected chi connectivity index (χ3v) is 4.98. The molecule has 0 aliphatic carbocycles. The van der Waals surface area contributed by atoms with E-state index in [9.17, 15) is 9.59 Å². The van der Waals surface area contributed by atoms with Gasteiger partial charge in [0.05, 0.1) is 0 Å². The van der Waals surface area contributed by atoms with Gasteiger partial charge in [0, 0.05) is 26.3 Å². The first kappa shape index (κ1) is 18.1. The molecule has 3 rings (SSSR count). The van der Waals surface area contributed by atoms with Crippen molar-refractivity contribution >= 4 is 28.9 Å². The number of thioether (sulfide) groups is 1. The molecule has 0 aliphatic rings. The maximum absolute atomic E-state index is 12.6. The van der Waals surface area contributed by atoms with Crippen molar-refractivity contribution in [3.63, 3.8) is 0 Å². The molecule has 0 saturated carbocycles. The summed E-state index contributed by atoms with van der Waals surface area (Å²) in [6.45, 7) is 1.95. The maximum atomic E-state index is 12.6. The maximum Gasteiger partial charge on any atom is 0.332 e. The van der Waals surface area contributed by atoms with E-state index in [1.807, 2.05) is 49.4 Å². The van der Waals surface area contributed by atoms with Gasteiger partial charge in [0.1, 0.15) is 16.2 Å². The molecule has 2 aromatic heterocycles. The number of benzene rings is 1. The van der Waals surface area contributed by atoms with Crippen molar-refractivity contribution in [2.45, 2.75) is 18.4 Å². The predicted octanol–water partition coefficient (Wildman–Crippen LogP) is 2.40. The largest absolute Gasteiger partial charge is 0.332 e. The van der Waals surface area contributed by atoms with E-state index in [1.54, 1.807) is 7.05 Å². The van der Waals surface area contributed by atoms with Gasteiger partial charge in [0.15, 0.2) is 5.65 Å². The summed E-state index contributed by atoms with van der Waals surface area (Å²) in [6.07, 6.45) is 4.70. The van der Waals surface area contributed by atoms with E-state index in [1.165, 1.54) is 23.4 Å². The molecule has 0 unspecified atom stereocenters. The van der Waals surface area contributed by atoms with E-state index in [0.717, 1.165) is 10.1 Å². The molecule has 6 nitrogen and oxygen atoms in total. The van der Waals surface area contributed by atoms with E-state index in [0.29, 0.717) is 34.1 Å². The first-order valence-corrected chi connectivity index (χ1v) is 9.32. The predicted molar refractivity (Wildman–Crippen MR) is 106 cm³/mol. The molecule has 0 amide bonds. The fraction of sp³-hybridized carbons (Fsp3) is 0.263. The van der Waals surface area contributed by atoms with Gasteiger partial charge in [-0.2, -0.15) is 0 Å². The Kier molecular flexibility index (Phi) is 5.37. The Hall–Kier alpha value is -2.67. The summed E-state index contributed by atoms with van der Waals surface area (Å²) >= 11 is 1.47. The lowest BCUT2D eigenvalue weighted by molar-refractivity contribution is 0.698. The highest BCUT2D eigenvalue weighted by molar-refractivity contribution is 7.99. The fourth-order valence-electron chi connectivity index (χ4n) is 2.61. The minimum atomic E-state index is -0.386. The number of nitrogens with zero attached hydrogens (tertiary/aromatic N) is 4. The van der Waals surface area contributed by atoms with Crippen LogP contribution in [-0.2, 0) is 20.5 Å². The monoisotopic (exact) mass is 368 g/mol. The first-order chi connectivity index (χ1) is 12.5. The molecule has 134 valence electrons. The van der Waals surface area contributed by atoms with Gasteiger partial charge in [0.25, 0.3) is 5.56 Å². The Morgan fingerprint density at radius 2 is 1.81 bits per heavy atom. The van der Waals surface area contributed by atoms with Crippen LogP contribution in [0.25, 0.3) is 17.1 Å². The van der Waals surface area contributed by atoms with Crippen LogP contribution in [0.1, 0.15) is 18.3 Å². The Bertz CT molecular complexity index is 1080. The Morgan fingerprint density at radius 3 is 2.50 bits per heavy atom. The average Bonchev–Trinajstić information content (AvgIpc) is 2.68. The van der Waals surface area contributed by atoms with Gasteiger partial charge in [-0.1, -0.05) is 49.4 Å². The molecular formula is C19H20N4O2S. The molecule has 0 fully saturated rings. The van der Waals surface area contributed by atoms with E-state index >= 15 is 0 Å². The first-order valence-electron chi connectivity index (χ1n) is 8.34. The van der Waals surface area contributed by atoms with Crippen LogP contribution in [0, 0.1) is 0 Å². The van der Waals surface area contributed by atoms with Crippen LogP contribution in [0.5, 0.6) is 0 Å². The molecule has 0 spiro atoms. The lowest BCUT2D eigenvalue weighted by atomic mass is 10.2. The van der Waals surface area contributed by atoms with E-state index in [4.69, 9.17) is 0 Å². The van der Waals surface area contributed by atoms with Crippen LogP contribution in [-0.4, -0.2) is 24.9 Å². The van der Waals surface area contributed by atoms with Gasteiger partial charge in [-0.05, 0) is 5.56 Å². The summed E-state index contributed by atoms with van der Waals surface area (Å²) in [5.74, 6) is 1.28. The van der Waals surface area contributed by atoms with Gasteiger partial charge in [0.2, 0.25) is 0 Å². The van der Waals surface area contributed by atoms with E-state index < -0.39 is 0 Å². The highest BCUT2D eigenvalue weighted by atomic mass is 32.2. The summed E-state index contributed by atoms with van der Waals surface area (Å²) in [4.78, 5) is 33.7. The minimum Gasteiger partial charge on any atom is -0.280 e. The van der Waals surface area contributed by atoms with Crippen molar-refractivity contribution in [2.75, 3.05) is 5.75 Å². The third-order valence-electron chi connectivity index (χ3n) is 4.06. The van der Waals surface area contributed by atoms with Crippen molar-refractivity contribution in [3.05, 3.63) is 68.6 Å². The molecule has 7 heteroatoms. The molecule has 0 saturated heterocycles. The SMILES string of the molecule is CCc1nc(SCC=Cc2ccccc2)c2c(=O)n(C)c(=O)n(C)c2n1. The summed E-state index contributed by atoms with van der Waals surface area (Å²) in [6, 6.07) is 10.0. The van der Waals surface area contributed by atoms with Crippen LogP contribution in [0.2, 0.25) is 0 Å². The van der Waals surface area contributed by atoms with Crippen LogP contribution < -0.4 is 11.2 Å². The normalized spacial score (nSPS) is 11.5. The zero-order valence-electron chi connectivity index (χ0n) is 15.0. The lowest BCUT2D eigenvalue weighted by Gasteiger charge is -2.10. The summed E-state index contributed by atoms with van der Waals surface area (Å²) < 4.78 is 2.50. The highest BCUT2D eigenvalue weighted by Gasteiger charge is 2.16. The quantitative estimate of drug-likeness (QED) is 0.511. The summed E-state index contributed by atoms with van der Waals surface area (Å²) in [7, 11) is 3.10. The molecule has 0 radical (unpaired) electrons. The van der Waals surface area contributed by atoms with Crippen LogP contribution in [0.15, 0.2) is 51.0 Å². The van der Waals surface area contributed by atoms with Crippen LogP contribution in [0.4, 0.5) is 0 Å². The fourth-order valence-corrected chi connectivity index (χ4v) is 3.45. The summed E-state index contributed by atoms with van der Waals surface area (Å²) in [5, 5.41) is 1.01. The van der Waals surface area contributed by atoms with Crippen molar-refractivity contribution in [2.24, 2.45) is 14.1 Å². The molecule has 0 atom stereocenters. The Labute approximate surface area is 155 Å². The Morgan fingerprint density at radius 1 is 1.08 bits per heavy atom. The average molecular weight is 368 g/mol. The molecule has 0 aliphatic heterocycles. The number of aromatic nitrogens is 4.